The maximum Gasteiger partial charge on any atom is 0.241 e. The first-order valence-corrected chi connectivity index (χ1v) is 9.72. The number of H-pyrrole nitrogens is 1. The van der Waals surface area contributed by atoms with Crippen LogP contribution in [0.4, 0.5) is 0 Å². The van der Waals surface area contributed by atoms with Crippen LogP contribution in [0.25, 0.3) is 10.9 Å². The van der Waals surface area contributed by atoms with Crippen molar-refractivity contribution < 1.29 is 4.79 Å². The van der Waals surface area contributed by atoms with Crippen LogP contribution in [0.15, 0.2) is 60.3 Å². The van der Waals surface area contributed by atoms with Crippen LogP contribution in [0.1, 0.15) is 44.9 Å². The summed E-state index contributed by atoms with van der Waals surface area (Å²) >= 11 is 0. The van der Waals surface area contributed by atoms with E-state index in [2.05, 4.69) is 47.3 Å². The third-order valence-electron chi connectivity index (χ3n) is 4.63. The third kappa shape index (κ3) is 4.98. The van der Waals surface area contributed by atoms with E-state index in [1.165, 1.54) is 10.9 Å². The van der Waals surface area contributed by atoms with Gasteiger partial charge in [-0.2, -0.15) is 0 Å². The molecule has 144 valence electrons. The van der Waals surface area contributed by atoms with E-state index in [4.69, 9.17) is 0 Å². The molecule has 3 N–H and O–H groups in total. The summed E-state index contributed by atoms with van der Waals surface area (Å²) in [5, 5.41) is 7.66. The highest BCUT2D eigenvalue weighted by Crippen LogP contribution is 2.21. The lowest BCUT2D eigenvalue weighted by Gasteiger charge is -2.16. The highest BCUT2D eigenvalue weighted by Gasteiger charge is 2.23. The number of rotatable bonds is 5. The second kappa shape index (κ2) is 9.93. The second-order valence-corrected chi connectivity index (χ2v) is 6.44. The fourth-order valence-electron chi connectivity index (χ4n) is 3.33. The average Bonchev–Trinajstić information content (AvgIpc) is 2.99. The van der Waals surface area contributed by atoms with Crippen molar-refractivity contribution >= 4 is 16.8 Å². The zero-order chi connectivity index (χ0) is 19.8. The summed E-state index contributed by atoms with van der Waals surface area (Å²) in [4.78, 5) is 15.9. The number of aromatic amines is 1. The molecular weight excluding hydrogens is 334 g/mol. The number of hydrogen-bond acceptors (Lipinski definition) is 2. The number of amides is 1. The fourth-order valence-corrected chi connectivity index (χ4v) is 3.33. The third-order valence-corrected chi connectivity index (χ3v) is 4.63. The Morgan fingerprint density at radius 3 is 2.81 bits per heavy atom. The van der Waals surface area contributed by atoms with Gasteiger partial charge in [0.15, 0.2) is 0 Å². The summed E-state index contributed by atoms with van der Waals surface area (Å²) in [5.41, 5.74) is 5.41. The number of aryl methyl sites for hydroxylation is 1. The van der Waals surface area contributed by atoms with Gasteiger partial charge in [-0.25, -0.2) is 0 Å². The molecule has 2 heterocycles. The first kappa shape index (κ1) is 20.7. The molecule has 0 spiro atoms. The Balaban J connectivity index is 0.00000126. The topological polar surface area (TPSA) is 56.9 Å². The number of fused-ring (bicyclic) bond motifs is 1. The number of allylic oxidation sites excluding steroid dienone is 4. The van der Waals surface area contributed by atoms with Crippen LogP contribution < -0.4 is 10.6 Å². The van der Waals surface area contributed by atoms with Gasteiger partial charge in [-0.05, 0) is 56.0 Å². The molecule has 4 heteroatoms. The molecule has 4 nitrogen and oxygen atoms in total. The quantitative estimate of drug-likeness (QED) is 0.707. The minimum Gasteiger partial charge on any atom is -0.359 e. The standard InChI is InChI=1S/C21H25N3O.C2H6/c1-4-7-18-15(5-2)10-11-20(21(25)24-18)22-13-16-8-6-9-19-17(16)12-14(3)23-19;1-2/h4-9,12,20,22-23H,2,10-11,13H2,1,3H3,(H,24,25);1-2H3/b7-4-;. The number of carbonyl (C=O) groups is 1. The minimum absolute atomic E-state index is 0.0161. The zero-order valence-electron chi connectivity index (χ0n) is 16.9. The summed E-state index contributed by atoms with van der Waals surface area (Å²) in [6.07, 6.45) is 7.28. The molecule has 1 aromatic heterocycles. The van der Waals surface area contributed by atoms with Crippen molar-refractivity contribution in [3.63, 3.8) is 0 Å². The average molecular weight is 366 g/mol. The molecule has 0 radical (unpaired) electrons. The van der Waals surface area contributed by atoms with E-state index >= 15 is 0 Å². The van der Waals surface area contributed by atoms with Crippen LogP contribution in [0.2, 0.25) is 0 Å². The van der Waals surface area contributed by atoms with Crippen LogP contribution in [0.5, 0.6) is 0 Å². The summed E-state index contributed by atoms with van der Waals surface area (Å²) in [7, 11) is 0. The van der Waals surface area contributed by atoms with Crippen molar-refractivity contribution in [2.24, 2.45) is 0 Å². The van der Waals surface area contributed by atoms with Gasteiger partial charge in [-0.3, -0.25) is 4.79 Å². The zero-order valence-corrected chi connectivity index (χ0v) is 16.9. The van der Waals surface area contributed by atoms with Gasteiger partial charge in [0.1, 0.15) is 0 Å². The van der Waals surface area contributed by atoms with E-state index in [0.29, 0.717) is 6.54 Å². The number of nitrogens with one attached hydrogen (secondary N) is 3. The summed E-state index contributed by atoms with van der Waals surface area (Å²) in [6, 6.07) is 8.17. The molecule has 2 aromatic rings. The lowest BCUT2D eigenvalue weighted by molar-refractivity contribution is -0.122. The van der Waals surface area contributed by atoms with E-state index in [1.807, 2.05) is 45.1 Å². The normalized spacial score (nSPS) is 17.5. The largest absolute Gasteiger partial charge is 0.359 e. The molecule has 3 rings (SSSR count). The van der Waals surface area contributed by atoms with E-state index in [1.54, 1.807) is 0 Å². The van der Waals surface area contributed by atoms with Gasteiger partial charge in [0.25, 0.3) is 0 Å². The van der Waals surface area contributed by atoms with E-state index < -0.39 is 0 Å². The van der Waals surface area contributed by atoms with E-state index in [-0.39, 0.29) is 11.9 Å². The van der Waals surface area contributed by atoms with Crippen LogP contribution in [0.3, 0.4) is 0 Å². The van der Waals surface area contributed by atoms with Crippen LogP contribution >= 0.6 is 0 Å². The van der Waals surface area contributed by atoms with Crippen molar-refractivity contribution in [1.82, 2.24) is 15.6 Å². The number of hydrogen-bond donors (Lipinski definition) is 3. The number of benzene rings is 1. The fraction of sp³-hybridized carbons (Fsp3) is 0.348. The van der Waals surface area contributed by atoms with Crippen molar-refractivity contribution in [2.45, 2.75) is 53.1 Å². The molecule has 27 heavy (non-hydrogen) atoms. The molecule has 1 atom stereocenters. The molecule has 0 bridgehead atoms. The first-order valence-electron chi connectivity index (χ1n) is 9.72. The van der Waals surface area contributed by atoms with Crippen LogP contribution in [-0.2, 0) is 11.3 Å². The molecule has 1 aromatic carbocycles. The van der Waals surface area contributed by atoms with Crippen molar-refractivity contribution in [3.05, 3.63) is 71.6 Å². The lowest BCUT2D eigenvalue weighted by atomic mass is 10.0. The minimum atomic E-state index is -0.215. The Morgan fingerprint density at radius 1 is 1.33 bits per heavy atom. The Bertz CT molecular complexity index is 858. The number of carbonyl (C=O) groups excluding carboxylic acids is 1. The first-order chi connectivity index (χ1) is 13.1. The summed E-state index contributed by atoms with van der Waals surface area (Å²) in [5.74, 6) is 0.0161. The smallest absolute Gasteiger partial charge is 0.241 e. The molecule has 1 amide bonds. The van der Waals surface area contributed by atoms with Gasteiger partial charge in [0.2, 0.25) is 5.91 Å². The Hall–Kier alpha value is -2.59. The van der Waals surface area contributed by atoms with Gasteiger partial charge in [0, 0.05) is 28.8 Å². The Kier molecular flexibility index (Phi) is 7.62. The molecule has 0 fully saturated rings. The van der Waals surface area contributed by atoms with Gasteiger partial charge < -0.3 is 15.6 Å². The maximum atomic E-state index is 12.6. The Morgan fingerprint density at radius 2 is 2.11 bits per heavy atom. The lowest BCUT2D eigenvalue weighted by Crippen LogP contribution is -2.42. The van der Waals surface area contributed by atoms with E-state index in [9.17, 15) is 4.79 Å². The molecule has 0 saturated carbocycles. The van der Waals surface area contributed by atoms with Gasteiger partial charge in [-0.15, -0.1) is 0 Å². The monoisotopic (exact) mass is 365 g/mol. The Labute approximate surface area is 162 Å². The maximum absolute atomic E-state index is 12.6. The predicted molar refractivity (Wildman–Crippen MR) is 114 cm³/mol. The SMILES string of the molecule is C=CC1=C(/C=C\C)NC(=O)C(NCc2cccc3[nH]c(C)cc23)CC1.CC. The van der Waals surface area contributed by atoms with Gasteiger partial charge >= 0.3 is 0 Å². The highest BCUT2D eigenvalue weighted by molar-refractivity contribution is 5.85. The second-order valence-electron chi connectivity index (χ2n) is 6.44. The van der Waals surface area contributed by atoms with Gasteiger partial charge in [-0.1, -0.05) is 44.7 Å². The molecule has 0 aliphatic carbocycles. The van der Waals surface area contributed by atoms with Gasteiger partial charge in [0.05, 0.1) is 6.04 Å². The molecule has 1 unspecified atom stereocenters. The number of aromatic nitrogens is 1. The summed E-state index contributed by atoms with van der Waals surface area (Å²) < 4.78 is 0. The van der Waals surface area contributed by atoms with Crippen molar-refractivity contribution in [2.75, 3.05) is 0 Å². The van der Waals surface area contributed by atoms with Crippen molar-refractivity contribution in [3.8, 4) is 0 Å². The highest BCUT2D eigenvalue weighted by atomic mass is 16.2. The van der Waals surface area contributed by atoms with Crippen LogP contribution in [-0.4, -0.2) is 16.9 Å². The van der Waals surface area contributed by atoms with Crippen molar-refractivity contribution in [1.29, 1.82) is 0 Å². The van der Waals surface area contributed by atoms with Crippen LogP contribution in [0, 0.1) is 6.92 Å². The molecule has 1 aliphatic rings. The molecule has 0 saturated heterocycles. The summed E-state index contributed by atoms with van der Waals surface area (Å²) in [6.45, 7) is 12.5. The predicted octanol–water partition coefficient (Wildman–Crippen LogP) is 4.89. The van der Waals surface area contributed by atoms with E-state index in [0.717, 1.165) is 35.3 Å². The molecular formula is C23H31N3O. The molecule has 1 aliphatic heterocycles.